The molecule has 0 bridgehead atoms. The SMILES string of the molecule is COC(=O)[C@H](Cc1cc(B(O)O)c(OCCOC2CCCCO2)cc1F)NC(=O)OC(C)(C)C. The molecule has 3 N–H and O–H groups in total. The lowest BCUT2D eigenvalue weighted by Crippen LogP contribution is -2.45. The molecule has 1 aliphatic heterocycles. The number of carbonyl (C=O) groups is 2. The molecule has 1 amide bonds. The number of ether oxygens (including phenoxy) is 5. The van der Waals surface area contributed by atoms with Gasteiger partial charge in [-0.25, -0.2) is 14.0 Å². The molecule has 0 spiro atoms. The summed E-state index contributed by atoms with van der Waals surface area (Å²) in [5, 5.41) is 21.9. The molecule has 1 aliphatic rings. The summed E-state index contributed by atoms with van der Waals surface area (Å²) in [6, 6.07) is 0.879. The minimum atomic E-state index is -1.97. The van der Waals surface area contributed by atoms with E-state index in [1.807, 2.05) is 0 Å². The lowest BCUT2D eigenvalue weighted by molar-refractivity contribution is -0.165. The van der Waals surface area contributed by atoms with Gasteiger partial charge in [-0.3, -0.25) is 0 Å². The van der Waals surface area contributed by atoms with E-state index in [1.54, 1.807) is 20.8 Å². The predicted molar refractivity (Wildman–Crippen MR) is 120 cm³/mol. The minimum absolute atomic E-state index is 0.0311. The third-order valence-corrected chi connectivity index (χ3v) is 4.84. The van der Waals surface area contributed by atoms with Crippen LogP contribution in [-0.2, 0) is 30.2 Å². The van der Waals surface area contributed by atoms with Crippen molar-refractivity contribution in [3.8, 4) is 5.75 Å². The summed E-state index contributed by atoms with van der Waals surface area (Å²) in [4.78, 5) is 24.3. The van der Waals surface area contributed by atoms with Crippen LogP contribution in [0.25, 0.3) is 0 Å². The Bertz CT molecular complexity index is 825. The molecule has 1 aromatic rings. The maximum absolute atomic E-state index is 14.8. The zero-order valence-corrected chi connectivity index (χ0v) is 20.0. The number of carbonyl (C=O) groups excluding carboxylic acids is 2. The summed E-state index contributed by atoms with van der Waals surface area (Å²) in [6.07, 6.45) is 1.26. The molecule has 1 fully saturated rings. The van der Waals surface area contributed by atoms with Crippen LogP contribution in [0.3, 0.4) is 0 Å². The highest BCUT2D eigenvalue weighted by molar-refractivity contribution is 6.59. The third kappa shape index (κ3) is 9.09. The molecule has 10 nitrogen and oxygen atoms in total. The fourth-order valence-corrected chi connectivity index (χ4v) is 3.28. The van der Waals surface area contributed by atoms with Gasteiger partial charge >= 0.3 is 19.2 Å². The summed E-state index contributed by atoms with van der Waals surface area (Å²) in [7, 11) is -0.838. The Morgan fingerprint density at radius 1 is 1.26 bits per heavy atom. The highest BCUT2D eigenvalue weighted by Crippen LogP contribution is 2.19. The van der Waals surface area contributed by atoms with Crippen molar-refractivity contribution in [2.45, 2.75) is 64.4 Å². The number of rotatable bonds is 10. The Balaban J connectivity index is 2.08. The van der Waals surface area contributed by atoms with Gasteiger partial charge in [0.1, 0.15) is 29.8 Å². The molecule has 0 radical (unpaired) electrons. The molecule has 0 aliphatic carbocycles. The molecule has 2 rings (SSSR count). The third-order valence-electron chi connectivity index (χ3n) is 4.84. The molecule has 190 valence electrons. The van der Waals surface area contributed by atoms with Crippen LogP contribution in [0.1, 0.15) is 45.6 Å². The van der Waals surface area contributed by atoms with Crippen molar-refractivity contribution in [3.63, 3.8) is 0 Å². The minimum Gasteiger partial charge on any atom is -0.491 e. The normalized spacial score (nSPS) is 17.0. The van der Waals surface area contributed by atoms with Gasteiger partial charge in [0.05, 0.1) is 13.7 Å². The van der Waals surface area contributed by atoms with Crippen molar-refractivity contribution in [1.29, 1.82) is 0 Å². The van der Waals surface area contributed by atoms with Crippen molar-refractivity contribution in [3.05, 3.63) is 23.5 Å². The smallest absolute Gasteiger partial charge is 0.491 e. The fourth-order valence-electron chi connectivity index (χ4n) is 3.28. The Kier molecular flexibility index (Phi) is 10.6. The number of hydrogen-bond acceptors (Lipinski definition) is 9. The molecule has 0 aromatic heterocycles. The number of hydrogen-bond donors (Lipinski definition) is 3. The van der Waals surface area contributed by atoms with E-state index in [9.17, 15) is 24.0 Å². The largest absolute Gasteiger partial charge is 0.492 e. The first kappa shape index (κ1) is 27.8. The van der Waals surface area contributed by atoms with Crippen LogP contribution >= 0.6 is 0 Å². The van der Waals surface area contributed by atoms with Gasteiger partial charge in [0.2, 0.25) is 0 Å². The zero-order valence-electron chi connectivity index (χ0n) is 20.0. The van der Waals surface area contributed by atoms with Gasteiger partial charge < -0.3 is 39.0 Å². The Morgan fingerprint density at radius 3 is 2.59 bits per heavy atom. The molecule has 34 heavy (non-hydrogen) atoms. The summed E-state index contributed by atoms with van der Waals surface area (Å²) < 4.78 is 41.2. The molecule has 12 heteroatoms. The van der Waals surface area contributed by atoms with Crippen molar-refractivity contribution >= 4 is 24.6 Å². The number of alkyl carbamates (subject to hydrolysis) is 1. The van der Waals surface area contributed by atoms with Gasteiger partial charge in [-0.2, -0.15) is 0 Å². The maximum atomic E-state index is 14.8. The summed E-state index contributed by atoms with van der Waals surface area (Å²) in [6.45, 7) is 5.79. The molecule has 1 heterocycles. The van der Waals surface area contributed by atoms with Gasteiger partial charge in [-0.1, -0.05) is 6.07 Å². The van der Waals surface area contributed by atoms with E-state index in [-0.39, 0.29) is 42.7 Å². The first-order valence-corrected chi connectivity index (χ1v) is 11.1. The molecule has 1 unspecified atom stereocenters. The van der Waals surface area contributed by atoms with Crippen molar-refractivity contribution < 1.29 is 47.7 Å². The van der Waals surface area contributed by atoms with Crippen LogP contribution < -0.4 is 15.5 Å². The highest BCUT2D eigenvalue weighted by atomic mass is 19.1. The Hall–Kier alpha value is -2.41. The van der Waals surface area contributed by atoms with E-state index in [0.29, 0.717) is 6.61 Å². The fraction of sp³-hybridized carbons (Fsp3) is 0.636. The molecular formula is C22H33BFNO9. The molecule has 1 saturated heterocycles. The van der Waals surface area contributed by atoms with Crippen molar-refractivity contribution in [1.82, 2.24) is 5.32 Å². The average Bonchev–Trinajstić information content (AvgIpc) is 2.76. The predicted octanol–water partition coefficient (Wildman–Crippen LogP) is 1.04. The zero-order chi connectivity index (χ0) is 25.3. The number of nitrogens with one attached hydrogen (secondary N) is 1. The number of halogens is 1. The molecule has 2 atom stereocenters. The summed E-state index contributed by atoms with van der Waals surface area (Å²) >= 11 is 0. The van der Waals surface area contributed by atoms with Gasteiger partial charge in [-0.15, -0.1) is 0 Å². The first-order valence-electron chi connectivity index (χ1n) is 11.1. The quantitative estimate of drug-likeness (QED) is 0.253. The average molecular weight is 485 g/mol. The van der Waals surface area contributed by atoms with E-state index in [2.05, 4.69) is 5.32 Å². The van der Waals surface area contributed by atoms with Gasteiger partial charge in [0, 0.05) is 24.6 Å². The van der Waals surface area contributed by atoms with Gasteiger partial charge in [-0.05, 0) is 45.6 Å². The summed E-state index contributed by atoms with van der Waals surface area (Å²) in [5.74, 6) is -1.67. The van der Waals surface area contributed by atoms with Crippen LogP contribution in [0, 0.1) is 5.82 Å². The molecular weight excluding hydrogens is 452 g/mol. The maximum Gasteiger partial charge on any atom is 0.492 e. The van der Waals surface area contributed by atoms with Crippen LogP contribution in [0.4, 0.5) is 9.18 Å². The van der Waals surface area contributed by atoms with Crippen LogP contribution in [0.15, 0.2) is 12.1 Å². The first-order chi connectivity index (χ1) is 16.0. The summed E-state index contributed by atoms with van der Waals surface area (Å²) in [5.41, 5.74) is -0.976. The topological polar surface area (TPSA) is 133 Å². The van der Waals surface area contributed by atoms with Crippen LogP contribution in [0.2, 0.25) is 0 Å². The highest BCUT2D eigenvalue weighted by Gasteiger charge is 2.28. The second-order valence-corrected chi connectivity index (χ2v) is 8.80. The molecule has 0 saturated carbocycles. The van der Waals surface area contributed by atoms with E-state index < -0.39 is 36.6 Å². The molecule has 1 aromatic carbocycles. The van der Waals surface area contributed by atoms with E-state index in [0.717, 1.165) is 38.5 Å². The lowest BCUT2D eigenvalue weighted by atomic mass is 9.78. The Morgan fingerprint density at radius 2 is 2.00 bits per heavy atom. The Labute approximate surface area is 198 Å². The van der Waals surface area contributed by atoms with E-state index in [4.69, 9.17) is 23.7 Å². The van der Waals surface area contributed by atoms with Crippen LogP contribution in [0.5, 0.6) is 5.75 Å². The van der Waals surface area contributed by atoms with Gasteiger partial charge in [0.25, 0.3) is 0 Å². The number of methoxy groups -OCH3 is 1. The standard InChI is InChI=1S/C22H33BFNO9/c1-22(2,3)34-21(27)25-17(20(26)30-4)12-14-11-15(23(28)29)18(13-16(14)24)31-9-10-33-19-7-5-6-8-32-19/h11,13,17,19,28-29H,5-10,12H2,1-4H3,(H,25,27)/t17-,19?/m0/s1. The monoisotopic (exact) mass is 485 g/mol. The second-order valence-electron chi connectivity index (χ2n) is 8.80. The van der Waals surface area contributed by atoms with Gasteiger partial charge in [0.15, 0.2) is 6.29 Å². The number of esters is 1. The number of benzene rings is 1. The van der Waals surface area contributed by atoms with Crippen LogP contribution in [-0.4, -0.2) is 74.1 Å². The van der Waals surface area contributed by atoms with Crippen molar-refractivity contribution in [2.75, 3.05) is 26.9 Å². The number of amides is 1. The second kappa shape index (κ2) is 12.9. The lowest BCUT2D eigenvalue weighted by Gasteiger charge is -2.23. The van der Waals surface area contributed by atoms with E-state index >= 15 is 0 Å². The van der Waals surface area contributed by atoms with Crippen molar-refractivity contribution in [2.24, 2.45) is 0 Å². The van der Waals surface area contributed by atoms with E-state index in [1.165, 1.54) is 0 Å².